The van der Waals surface area contributed by atoms with Crippen LogP contribution in [0.25, 0.3) is 22.2 Å². The van der Waals surface area contributed by atoms with Crippen LogP contribution in [0.2, 0.25) is 5.02 Å². The summed E-state index contributed by atoms with van der Waals surface area (Å²) in [5.41, 5.74) is 4.32. The third kappa shape index (κ3) is 3.92. The first-order chi connectivity index (χ1) is 14.7. The first-order valence-corrected chi connectivity index (χ1v) is 11.1. The Kier molecular flexibility index (Phi) is 5.40. The number of amides is 1. The molecular formula is C24H26ClN3O2. The molecule has 0 radical (unpaired) electrons. The number of nitrogens with zero attached hydrogens (tertiary/aromatic N) is 1. The lowest BCUT2D eigenvalue weighted by molar-refractivity contribution is -0.136. The predicted octanol–water partition coefficient (Wildman–Crippen LogP) is 4.93. The molecular weight excluding hydrogens is 398 g/mol. The van der Waals surface area contributed by atoms with E-state index in [0.717, 1.165) is 65.2 Å². The number of aromatic nitrogens is 1. The molecule has 3 aromatic rings. The number of likely N-dealkylation sites (tertiary alicyclic amines) is 1. The topological polar surface area (TPSA) is 57.4 Å². The summed E-state index contributed by atoms with van der Waals surface area (Å²) in [5, 5.41) is 5.50. The Balaban J connectivity index is 1.31. The standard InChI is InChI=1S/C24H26ClN3O2/c25-19-12-18-13-21(16-4-2-1-3-5-16)27-23(18)22(14-19)26-20-6-9-28(10-7-20)24(29)17-8-11-30-15-17/h1-5,12-14,17,20,26-27H,6-11,15H2. The van der Waals surface area contributed by atoms with Crippen LogP contribution >= 0.6 is 11.6 Å². The fourth-order valence-corrected chi connectivity index (χ4v) is 4.77. The van der Waals surface area contributed by atoms with Crippen LogP contribution in [-0.4, -0.2) is 48.1 Å². The van der Waals surface area contributed by atoms with Crippen molar-refractivity contribution in [3.63, 3.8) is 0 Å². The summed E-state index contributed by atoms with van der Waals surface area (Å²) in [5.74, 6) is 0.311. The summed E-state index contributed by atoms with van der Waals surface area (Å²) in [7, 11) is 0. The predicted molar refractivity (Wildman–Crippen MR) is 121 cm³/mol. The lowest BCUT2D eigenvalue weighted by atomic mass is 10.0. The van der Waals surface area contributed by atoms with Crippen LogP contribution in [0, 0.1) is 5.92 Å². The molecule has 0 saturated carbocycles. The smallest absolute Gasteiger partial charge is 0.228 e. The minimum absolute atomic E-state index is 0.0531. The van der Waals surface area contributed by atoms with Crippen molar-refractivity contribution in [1.29, 1.82) is 0 Å². The van der Waals surface area contributed by atoms with Crippen LogP contribution in [0.5, 0.6) is 0 Å². The van der Waals surface area contributed by atoms with Crippen molar-refractivity contribution in [2.75, 3.05) is 31.6 Å². The number of hydrogen-bond acceptors (Lipinski definition) is 3. The third-order valence-electron chi connectivity index (χ3n) is 6.22. The molecule has 0 bridgehead atoms. The number of nitrogens with one attached hydrogen (secondary N) is 2. The zero-order valence-electron chi connectivity index (χ0n) is 16.9. The lowest BCUT2D eigenvalue weighted by Crippen LogP contribution is -2.45. The van der Waals surface area contributed by atoms with Gasteiger partial charge in [-0.05, 0) is 43.0 Å². The summed E-state index contributed by atoms with van der Waals surface area (Å²) < 4.78 is 5.38. The highest BCUT2D eigenvalue weighted by Gasteiger charge is 2.30. The maximum absolute atomic E-state index is 12.6. The minimum Gasteiger partial charge on any atom is -0.381 e. The van der Waals surface area contributed by atoms with E-state index in [9.17, 15) is 4.79 Å². The number of anilines is 1. The molecule has 5 rings (SSSR count). The summed E-state index contributed by atoms with van der Waals surface area (Å²) >= 11 is 6.42. The van der Waals surface area contributed by atoms with Gasteiger partial charge >= 0.3 is 0 Å². The number of fused-ring (bicyclic) bond motifs is 1. The Morgan fingerprint density at radius 3 is 2.63 bits per heavy atom. The molecule has 2 aromatic carbocycles. The van der Waals surface area contributed by atoms with Crippen molar-refractivity contribution in [2.45, 2.75) is 25.3 Å². The molecule has 1 aromatic heterocycles. The van der Waals surface area contributed by atoms with Gasteiger partial charge in [-0.3, -0.25) is 4.79 Å². The molecule has 2 fully saturated rings. The zero-order chi connectivity index (χ0) is 20.5. The number of H-pyrrole nitrogens is 1. The number of rotatable bonds is 4. The normalized spacial score (nSPS) is 20.0. The van der Waals surface area contributed by atoms with Gasteiger partial charge in [0.1, 0.15) is 0 Å². The number of carbonyl (C=O) groups excluding carboxylic acids is 1. The average Bonchev–Trinajstić information content (AvgIpc) is 3.45. The van der Waals surface area contributed by atoms with E-state index in [1.165, 1.54) is 0 Å². The van der Waals surface area contributed by atoms with Crippen LogP contribution in [0.15, 0.2) is 48.5 Å². The van der Waals surface area contributed by atoms with Gasteiger partial charge in [0, 0.05) is 41.8 Å². The molecule has 156 valence electrons. The van der Waals surface area contributed by atoms with Crippen molar-refractivity contribution in [3.05, 3.63) is 53.6 Å². The van der Waals surface area contributed by atoms with Crippen LogP contribution in [0.1, 0.15) is 19.3 Å². The molecule has 0 aliphatic carbocycles. The summed E-state index contributed by atoms with van der Waals surface area (Å²) in [4.78, 5) is 18.2. The average molecular weight is 424 g/mol. The molecule has 30 heavy (non-hydrogen) atoms. The van der Waals surface area contributed by atoms with Crippen LogP contribution in [0.4, 0.5) is 5.69 Å². The van der Waals surface area contributed by atoms with E-state index in [-0.39, 0.29) is 11.8 Å². The Labute approximate surface area is 181 Å². The maximum atomic E-state index is 12.6. The van der Waals surface area contributed by atoms with Crippen LogP contribution in [0.3, 0.4) is 0 Å². The maximum Gasteiger partial charge on any atom is 0.228 e. The SMILES string of the molecule is O=C(C1CCOC1)N1CCC(Nc2cc(Cl)cc3cc(-c4ccccc4)[nH]c23)CC1. The molecule has 5 nitrogen and oxygen atoms in total. The Morgan fingerprint density at radius 2 is 1.90 bits per heavy atom. The Hall–Kier alpha value is -2.50. The molecule has 2 aliphatic rings. The van der Waals surface area contributed by atoms with Gasteiger partial charge in [-0.25, -0.2) is 0 Å². The first-order valence-electron chi connectivity index (χ1n) is 10.7. The van der Waals surface area contributed by atoms with Crippen molar-refractivity contribution >= 4 is 34.1 Å². The number of ether oxygens (including phenoxy) is 1. The van der Waals surface area contributed by atoms with Crippen molar-refractivity contribution in [3.8, 4) is 11.3 Å². The molecule has 1 atom stereocenters. The second-order valence-electron chi connectivity index (χ2n) is 8.27. The third-order valence-corrected chi connectivity index (χ3v) is 6.44. The zero-order valence-corrected chi connectivity index (χ0v) is 17.6. The molecule has 1 unspecified atom stereocenters. The van der Waals surface area contributed by atoms with Crippen LogP contribution < -0.4 is 5.32 Å². The van der Waals surface area contributed by atoms with E-state index in [1.807, 2.05) is 35.2 Å². The van der Waals surface area contributed by atoms with Crippen LogP contribution in [-0.2, 0) is 9.53 Å². The van der Waals surface area contributed by atoms with Gasteiger partial charge in [0.25, 0.3) is 0 Å². The number of carbonyl (C=O) groups is 1. The molecule has 6 heteroatoms. The van der Waals surface area contributed by atoms with E-state index in [0.29, 0.717) is 19.3 Å². The Bertz CT molecular complexity index is 1040. The minimum atomic E-state index is 0.0531. The number of aromatic amines is 1. The van der Waals surface area contributed by atoms with Gasteiger partial charge < -0.3 is 19.9 Å². The summed E-state index contributed by atoms with van der Waals surface area (Å²) in [6.07, 6.45) is 2.72. The lowest BCUT2D eigenvalue weighted by Gasteiger charge is -2.34. The van der Waals surface area contributed by atoms with Gasteiger partial charge in [-0.2, -0.15) is 0 Å². The monoisotopic (exact) mass is 423 g/mol. The molecule has 0 spiro atoms. The second-order valence-corrected chi connectivity index (χ2v) is 8.71. The van der Waals surface area contributed by atoms with E-state index < -0.39 is 0 Å². The van der Waals surface area contributed by atoms with Gasteiger partial charge in [-0.15, -0.1) is 0 Å². The number of benzene rings is 2. The van der Waals surface area contributed by atoms with Gasteiger partial charge in [-0.1, -0.05) is 41.9 Å². The van der Waals surface area contributed by atoms with E-state index >= 15 is 0 Å². The van der Waals surface area contributed by atoms with E-state index in [2.05, 4.69) is 28.5 Å². The highest BCUT2D eigenvalue weighted by atomic mass is 35.5. The second kappa shape index (κ2) is 8.32. The fraction of sp³-hybridized carbons (Fsp3) is 0.375. The highest BCUT2D eigenvalue weighted by molar-refractivity contribution is 6.32. The van der Waals surface area contributed by atoms with E-state index in [4.69, 9.17) is 16.3 Å². The molecule has 2 N–H and O–H groups in total. The summed E-state index contributed by atoms with van der Waals surface area (Å²) in [6, 6.07) is 16.7. The molecule has 1 amide bonds. The van der Waals surface area contributed by atoms with E-state index in [1.54, 1.807) is 0 Å². The van der Waals surface area contributed by atoms with Gasteiger partial charge in [0.05, 0.1) is 23.7 Å². The van der Waals surface area contributed by atoms with Gasteiger partial charge in [0.15, 0.2) is 0 Å². The number of piperidine rings is 1. The molecule has 2 aliphatic heterocycles. The van der Waals surface area contributed by atoms with Crippen molar-refractivity contribution < 1.29 is 9.53 Å². The fourth-order valence-electron chi connectivity index (χ4n) is 4.55. The number of hydrogen-bond donors (Lipinski definition) is 2. The van der Waals surface area contributed by atoms with Gasteiger partial charge in [0.2, 0.25) is 5.91 Å². The number of halogens is 1. The first kappa shape index (κ1) is 19.5. The Morgan fingerprint density at radius 1 is 1.10 bits per heavy atom. The molecule has 2 saturated heterocycles. The van der Waals surface area contributed by atoms with Crippen molar-refractivity contribution in [1.82, 2.24) is 9.88 Å². The molecule has 3 heterocycles. The quantitative estimate of drug-likeness (QED) is 0.625. The van der Waals surface area contributed by atoms with Crippen molar-refractivity contribution in [2.24, 2.45) is 5.92 Å². The highest BCUT2D eigenvalue weighted by Crippen LogP contribution is 2.33. The summed E-state index contributed by atoms with van der Waals surface area (Å²) in [6.45, 7) is 2.86. The largest absolute Gasteiger partial charge is 0.381 e.